The molecule has 0 radical (unpaired) electrons. The number of anilines is 2. The van der Waals surface area contributed by atoms with Gasteiger partial charge in [0, 0.05) is 25.1 Å². The maximum absolute atomic E-state index is 13.5. The summed E-state index contributed by atoms with van der Waals surface area (Å²) in [4.78, 5) is 3.90. The lowest BCUT2D eigenvalue weighted by atomic mass is 10.2. The molecule has 102 valence electrons. The summed E-state index contributed by atoms with van der Waals surface area (Å²) in [5.41, 5.74) is 6.68. The summed E-state index contributed by atoms with van der Waals surface area (Å²) in [7, 11) is 0. The van der Waals surface area contributed by atoms with Gasteiger partial charge in [0.1, 0.15) is 0 Å². The zero-order chi connectivity index (χ0) is 13.7. The number of ether oxygens (including phenoxy) is 1. The fourth-order valence-corrected chi connectivity index (χ4v) is 1.60. The standard InChI is InChI=1S/C12H15FN4O2/c1-2-18-11-6-10(9(14)5-8(11)13)15-4-3-12-16-7-17-19-12/h5-7,15H,2-4,14H2,1H3. The molecule has 0 amide bonds. The van der Waals surface area contributed by atoms with Crippen molar-refractivity contribution < 1.29 is 13.7 Å². The minimum atomic E-state index is -0.471. The maximum atomic E-state index is 13.5. The average Bonchev–Trinajstić information content (AvgIpc) is 2.88. The summed E-state index contributed by atoms with van der Waals surface area (Å²) < 4.78 is 23.5. The SMILES string of the molecule is CCOc1cc(NCCc2ncno2)c(N)cc1F. The Morgan fingerprint density at radius 2 is 2.32 bits per heavy atom. The van der Waals surface area contributed by atoms with Crippen LogP contribution in [0.5, 0.6) is 5.75 Å². The second-order valence-electron chi connectivity index (χ2n) is 3.81. The third kappa shape index (κ3) is 3.34. The lowest BCUT2D eigenvalue weighted by Crippen LogP contribution is -2.08. The summed E-state index contributed by atoms with van der Waals surface area (Å²) in [5.74, 6) is 0.233. The maximum Gasteiger partial charge on any atom is 0.228 e. The van der Waals surface area contributed by atoms with Crippen LogP contribution in [0.3, 0.4) is 0 Å². The van der Waals surface area contributed by atoms with E-state index < -0.39 is 5.82 Å². The number of nitrogens with zero attached hydrogens (tertiary/aromatic N) is 2. The normalized spacial score (nSPS) is 10.4. The van der Waals surface area contributed by atoms with Gasteiger partial charge in [-0.25, -0.2) is 4.39 Å². The topological polar surface area (TPSA) is 86.2 Å². The largest absolute Gasteiger partial charge is 0.491 e. The van der Waals surface area contributed by atoms with Crippen LogP contribution in [0.4, 0.5) is 15.8 Å². The summed E-state index contributed by atoms with van der Waals surface area (Å²) in [6.45, 7) is 2.73. The third-order valence-electron chi connectivity index (χ3n) is 2.47. The number of nitrogens with one attached hydrogen (secondary N) is 1. The summed E-state index contributed by atoms with van der Waals surface area (Å²) in [6.07, 6.45) is 1.90. The number of nitrogens with two attached hydrogens (primary N) is 1. The first-order valence-corrected chi connectivity index (χ1v) is 5.92. The molecule has 3 N–H and O–H groups in total. The van der Waals surface area contributed by atoms with Crippen molar-refractivity contribution in [2.24, 2.45) is 0 Å². The van der Waals surface area contributed by atoms with Crippen molar-refractivity contribution in [1.82, 2.24) is 10.1 Å². The first-order valence-electron chi connectivity index (χ1n) is 5.92. The average molecular weight is 266 g/mol. The Bertz CT molecular complexity index is 531. The van der Waals surface area contributed by atoms with E-state index in [2.05, 4.69) is 15.5 Å². The summed E-state index contributed by atoms with van der Waals surface area (Å²) in [6, 6.07) is 2.78. The van der Waals surface area contributed by atoms with Crippen LogP contribution < -0.4 is 15.8 Å². The van der Waals surface area contributed by atoms with Crippen molar-refractivity contribution in [1.29, 1.82) is 0 Å². The smallest absolute Gasteiger partial charge is 0.228 e. The van der Waals surface area contributed by atoms with E-state index in [9.17, 15) is 4.39 Å². The molecule has 2 rings (SSSR count). The molecule has 19 heavy (non-hydrogen) atoms. The van der Waals surface area contributed by atoms with Gasteiger partial charge < -0.3 is 20.3 Å². The first kappa shape index (κ1) is 13.1. The molecule has 0 aliphatic carbocycles. The van der Waals surface area contributed by atoms with Crippen molar-refractivity contribution >= 4 is 11.4 Å². The molecular formula is C12H15FN4O2. The van der Waals surface area contributed by atoms with Crippen LogP contribution >= 0.6 is 0 Å². The molecular weight excluding hydrogens is 251 g/mol. The molecule has 0 spiro atoms. The van der Waals surface area contributed by atoms with Crippen LogP contribution in [0.15, 0.2) is 23.0 Å². The molecule has 1 aromatic carbocycles. The van der Waals surface area contributed by atoms with Crippen molar-refractivity contribution in [2.75, 3.05) is 24.2 Å². The highest BCUT2D eigenvalue weighted by molar-refractivity contribution is 5.68. The highest BCUT2D eigenvalue weighted by atomic mass is 19.1. The first-order chi connectivity index (χ1) is 9.20. The molecule has 0 bridgehead atoms. The predicted molar refractivity (Wildman–Crippen MR) is 68.5 cm³/mol. The second-order valence-corrected chi connectivity index (χ2v) is 3.81. The quantitative estimate of drug-likeness (QED) is 0.776. The van der Waals surface area contributed by atoms with E-state index >= 15 is 0 Å². The van der Waals surface area contributed by atoms with Gasteiger partial charge in [0.15, 0.2) is 17.9 Å². The van der Waals surface area contributed by atoms with Gasteiger partial charge in [-0.1, -0.05) is 5.16 Å². The van der Waals surface area contributed by atoms with E-state index in [0.29, 0.717) is 36.8 Å². The van der Waals surface area contributed by atoms with Crippen molar-refractivity contribution in [3.8, 4) is 5.75 Å². The van der Waals surface area contributed by atoms with Crippen LogP contribution in [-0.2, 0) is 6.42 Å². The molecule has 2 aromatic rings. The Labute approximate surface area is 109 Å². The number of halogens is 1. The van der Waals surface area contributed by atoms with Gasteiger partial charge in [-0.05, 0) is 6.92 Å². The Kier molecular flexibility index (Phi) is 4.17. The molecule has 1 aromatic heterocycles. The van der Waals surface area contributed by atoms with E-state index in [1.54, 1.807) is 13.0 Å². The lowest BCUT2D eigenvalue weighted by Gasteiger charge is -2.12. The molecule has 0 fully saturated rings. The Balaban J connectivity index is 2.00. The molecule has 0 aliphatic rings. The Hall–Kier alpha value is -2.31. The van der Waals surface area contributed by atoms with E-state index in [0.717, 1.165) is 0 Å². The van der Waals surface area contributed by atoms with Crippen LogP contribution in [0.2, 0.25) is 0 Å². The fraction of sp³-hybridized carbons (Fsp3) is 0.333. The van der Waals surface area contributed by atoms with Crippen LogP contribution in [0, 0.1) is 5.82 Å². The number of hydrogen-bond acceptors (Lipinski definition) is 6. The third-order valence-corrected chi connectivity index (χ3v) is 2.47. The van der Waals surface area contributed by atoms with Crippen molar-refractivity contribution in [2.45, 2.75) is 13.3 Å². The number of benzene rings is 1. The Morgan fingerprint density at radius 1 is 1.47 bits per heavy atom. The number of rotatable bonds is 6. The summed E-state index contributed by atoms with van der Waals surface area (Å²) >= 11 is 0. The number of aromatic nitrogens is 2. The van der Waals surface area contributed by atoms with E-state index in [1.165, 1.54) is 12.4 Å². The molecule has 1 heterocycles. The van der Waals surface area contributed by atoms with Crippen LogP contribution in [-0.4, -0.2) is 23.3 Å². The monoisotopic (exact) mass is 266 g/mol. The lowest BCUT2D eigenvalue weighted by molar-refractivity contribution is 0.322. The van der Waals surface area contributed by atoms with Crippen molar-refractivity contribution in [3.05, 3.63) is 30.2 Å². The molecule has 0 saturated carbocycles. The van der Waals surface area contributed by atoms with E-state index in [4.69, 9.17) is 15.0 Å². The van der Waals surface area contributed by atoms with Gasteiger partial charge in [-0.15, -0.1) is 0 Å². The molecule has 0 atom stereocenters. The number of nitrogen functional groups attached to an aromatic ring is 1. The Morgan fingerprint density at radius 3 is 3.00 bits per heavy atom. The summed E-state index contributed by atoms with van der Waals surface area (Å²) in [5, 5.41) is 6.59. The van der Waals surface area contributed by atoms with Gasteiger partial charge in [-0.3, -0.25) is 0 Å². The van der Waals surface area contributed by atoms with Gasteiger partial charge in [0.05, 0.1) is 18.0 Å². The van der Waals surface area contributed by atoms with E-state index in [-0.39, 0.29) is 5.75 Å². The zero-order valence-corrected chi connectivity index (χ0v) is 10.5. The van der Waals surface area contributed by atoms with Crippen LogP contribution in [0.1, 0.15) is 12.8 Å². The predicted octanol–water partition coefficient (Wildman–Crippen LogP) is 1.84. The minimum Gasteiger partial charge on any atom is -0.491 e. The molecule has 0 saturated heterocycles. The molecule has 7 heteroatoms. The molecule has 0 unspecified atom stereocenters. The minimum absolute atomic E-state index is 0.178. The fourth-order valence-electron chi connectivity index (χ4n) is 1.60. The van der Waals surface area contributed by atoms with Gasteiger partial charge >= 0.3 is 0 Å². The van der Waals surface area contributed by atoms with Crippen molar-refractivity contribution in [3.63, 3.8) is 0 Å². The zero-order valence-electron chi connectivity index (χ0n) is 10.5. The highest BCUT2D eigenvalue weighted by Gasteiger charge is 2.09. The van der Waals surface area contributed by atoms with Crippen LogP contribution in [0.25, 0.3) is 0 Å². The van der Waals surface area contributed by atoms with Gasteiger partial charge in [-0.2, -0.15) is 4.98 Å². The number of hydrogen-bond donors (Lipinski definition) is 2. The molecule has 0 aliphatic heterocycles. The van der Waals surface area contributed by atoms with Gasteiger partial charge in [0.25, 0.3) is 0 Å². The van der Waals surface area contributed by atoms with E-state index in [1.807, 2.05) is 0 Å². The highest BCUT2D eigenvalue weighted by Crippen LogP contribution is 2.28. The van der Waals surface area contributed by atoms with Gasteiger partial charge in [0.2, 0.25) is 5.89 Å². The molecule has 6 nitrogen and oxygen atoms in total. The second kappa shape index (κ2) is 6.03.